The van der Waals surface area contributed by atoms with Crippen LogP contribution in [-0.2, 0) is 6.42 Å². The summed E-state index contributed by atoms with van der Waals surface area (Å²) in [7, 11) is 0. The van der Waals surface area contributed by atoms with Gasteiger partial charge in [-0.05, 0) is 33.1 Å². The second-order valence-corrected chi connectivity index (χ2v) is 3.43. The van der Waals surface area contributed by atoms with Crippen molar-refractivity contribution in [3.8, 4) is 0 Å². The minimum Gasteiger partial charge on any atom is -0.251 e. The van der Waals surface area contributed by atoms with E-state index in [1.54, 1.807) is 0 Å². The molecule has 13 heavy (non-hydrogen) atoms. The number of unbranched alkanes of at least 4 members (excludes halogenated alkanes) is 1. The van der Waals surface area contributed by atoms with Crippen LogP contribution in [0.25, 0.3) is 0 Å². The van der Waals surface area contributed by atoms with E-state index in [9.17, 15) is 4.39 Å². The molecule has 0 N–H and O–H groups in total. The second-order valence-electron chi connectivity index (χ2n) is 3.43. The highest BCUT2D eigenvalue weighted by molar-refractivity contribution is 4.92. The summed E-state index contributed by atoms with van der Waals surface area (Å²) < 4.78 is 13.6. The molecule has 0 aromatic carbocycles. The van der Waals surface area contributed by atoms with Crippen molar-refractivity contribution in [1.82, 2.24) is 15.0 Å². The first kappa shape index (κ1) is 10.2. The highest BCUT2D eigenvalue weighted by atomic mass is 19.1. The van der Waals surface area contributed by atoms with Crippen molar-refractivity contribution in [2.24, 2.45) is 0 Å². The Morgan fingerprint density at radius 2 is 2.23 bits per heavy atom. The van der Waals surface area contributed by atoms with Gasteiger partial charge in [-0.1, -0.05) is 5.21 Å². The van der Waals surface area contributed by atoms with E-state index in [-0.39, 0.29) is 6.67 Å². The molecule has 0 aliphatic carbocycles. The first-order chi connectivity index (χ1) is 6.24. The summed E-state index contributed by atoms with van der Waals surface area (Å²) in [6.45, 7) is 3.87. The Labute approximate surface area is 77.9 Å². The molecule has 0 saturated carbocycles. The lowest BCUT2D eigenvalue weighted by Crippen LogP contribution is -2.00. The van der Waals surface area contributed by atoms with Crippen LogP contribution in [0.4, 0.5) is 4.39 Å². The predicted octanol–water partition coefficient (Wildman–Crippen LogP) is 2.15. The molecule has 1 aromatic rings. The molecule has 0 fully saturated rings. The van der Waals surface area contributed by atoms with Gasteiger partial charge in [-0.15, -0.1) is 5.10 Å². The molecule has 0 radical (unpaired) electrons. The van der Waals surface area contributed by atoms with Crippen molar-refractivity contribution < 1.29 is 4.39 Å². The standard InChI is InChI=1S/C9H16FN3/c1-8(2)13-7-9(11-12-13)5-3-4-6-10/h7-8H,3-6H2,1-2H3. The van der Waals surface area contributed by atoms with Gasteiger partial charge in [0.2, 0.25) is 0 Å². The zero-order chi connectivity index (χ0) is 9.68. The number of nitrogens with zero attached hydrogens (tertiary/aromatic N) is 3. The maximum Gasteiger partial charge on any atom is 0.0894 e. The Bertz CT molecular complexity index is 245. The predicted molar refractivity (Wildman–Crippen MR) is 49.3 cm³/mol. The maximum atomic E-state index is 11.8. The van der Waals surface area contributed by atoms with Gasteiger partial charge in [0.1, 0.15) is 0 Å². The van der Waals surface area contributed by atoms with E-state index in [0.29, 0.717) is 12.5 Å². The van der Waals surface area contributed by atoms with E-state index in [1.807, 2.05) is 10.9 Å². The van der Waals surface area contributed by atoms with Crippen LogP contribution in [0.3, 0.4) is 0 Å². The lowest BCUT2D eigenvalue weighted by atomic mass is 10.2. The molecule has 74 valence electrons. The number of aryl methyl sites for hydroxylation is 1. The van der Waals surface area contributed by atoms with E-state index >= 15 is 0 Å². The third kappa shape index (κ3) is 3.13. The molecule has 0 unspecified atom stereocenters. The van der Waals surface area contributed by atoms with Gasteiger partial charge in [0, 0.05) is 12.2 Å². The van der Waals surface area contributed by atoms with Gasteiger partial charge >= 0.3 is 0 Å². The third-order valence-corrected chi connectivity index (χ3v) is 1.90. The average molecular weight is 185 g/mol. The van der Waals surface area contributed by atoms with E-state index in [1.165, 1.54) is 0 Å². The first-order valence-corrected chi connectivity index (χ1v) is 4.70. The van der Waals surface area contributed by atoms with E-state index in [2.05, 4.69) is 24.2 Å². The topological polar surface area (TPSA) is 30.7 Å². The Kier molecular flexibility index (Phi) is 3.86. The molecule has 0 aliphatic heterocycles. The van der Waals surface area contributed by atoms with Crippen molar-refractivity contribution in [3.05, 3.63) is 11.9 Å². The summed E-state index contributed by atoms with van der Waals surface area (Å²) in [6, 6.07) is 0.349. The smallest absolute Gasteiger partial charge is 0.0894 e. The van der Waals surface area contributed by atoms with Crippen molar-refractivity contribution >= 4 is 0 Å². The van der Waals surface area contributed by atoms with Crippen molar-refractivity contribution in [3.63, 3.8) is 0 Å². The van der Waals surface area contributed by atoms with E-state index in [4.69, 9.17) is 0 Å². The Morgan fingerprint density at radius 3 is 2.77 bits per heavy atom. The van der Waals surface area contributed by atoms with Gasteiger partial charge in [0.25, 0.3) is 0 Å². The average Bonchev–Trinajstić information content (AvgIpc) is 2.53. The van der Waals surface area contributed by atoms with Crippen molar-refractivity contribution in [2.75, 3.05) is 6.67 Å². The fraction of sp³-hybridized carbons (Fsp3) is 0.778. The molecule has 1 rings (SSSR count). The Morgan fingerprint density at radius 1 is 1.46 bits per heavy atom. The zero-order valence-electron chi connectivity index (χ0n) is 8.20. The highest BCUT2D eigenvalue weighted by Crippen LogP contribution is 2.05. The van der Waals surface area contributed by atoms with Crippen LogP contribution in [0, 0.1) is 0 Å². The van der Waals surface area contributed by atoms with Crippen LogP contribution >= 0.6 is 0 Å². The normalized spacial score (nSPS) is 11.1. The number of hydrogen-bond acceptors (Lipinski definition) is 2. The largest absolute Gasteiger partial charge is 0.251 e. The SMILES string of the molecule is CC(C)n1cc(CCCCF)nn1. The van der Waals surface area contributed by atoms with Gasteiger partial charge in [-0.25, -0.2) is 4.68 Å². The molecule has 0 aliphatic rings. The highest BCUT2D eigenvalue weighted by Gasteiger charge is 2.02. The number of rotatable bonds is 5. The van der Waals surface area contributed by atoms with Crippen molar-refractivity contribution in [1.29, 1.82) is 0 Å². The summed E-state index contributed by atoms with van der Waals surface area (Å²) in [5.74, 6) is 0. The molecule has 0 bridgehead atoms. The summed E-state index contributed by atoms with van der Waals surface area (Å²) in [5, 5.41) is 7.97. The number of hydrogen-bond donors (Lipinski definition) is 0. The maximum absolute atomic E-state index is 11.8. The first-order valence-electron chi connectivity index (χ1n) is 4.70. The summed E-state index contributed by atoms with van der Waals surface area (Å²) in [5.41, 5.74) is 0.960. The minimum absolute atomic E-state index is 0.238. The number of aromatic nitrogens is 3. The Balaban J connectivity index is 2.40. The van der Waals surface area contributed by atoms with Gasteiger partial charge in [0.15, 0.2) is 0 Å². The van der Waals surface area contributed by atoms with Gasteiger partial charge in [-0.3, -0.25) is 4.39 Å². The van der Waals surface area contributed by atoms with Crippen LogP contribution in [0.5, 0.6) is 0 Å². The molecule has 1 aromatic heterocycles. The van der Waals surface area contributed by atoms with Gasteiger partial charge < -0.3 is 0 Å². The monoisotopic (exact) mass is 185 g/mol. The molecule has 4 heteroatoms. The summed E-state index contributed by atoms with van der Waals surface area (Å²) >= 11 is 0. The second kappa shape index (κ2) is 4.94. The molecule has 0 spiro atoms. The van der Waals surface area contributed by atoms with Crippen LogP contribution in [-0.4, -0.2) is 21.7 Å². The van der Waals surface area contributed by atoms with Crippen LogP contribution in [0.2, 0.25) is 0 Å². The molecule has 0 atom stereocenters. The number of halogens is 1. The van der Waals surface area contributed by atoms with Gasteiger partial charge in [0.05, 0.1) is 12.4 Å². The molecule has 0 saturated heterocycles. The fourth-order valence-corrected chi connectivity index (χ4v) is 1.08. The fourth-order valence-electron chi connectivity index (χ4n) is 1.08. The molecule has 0 amide bonds. The van der Waals surface area contributed by atoms with Crippen LogP contribution in [0.15, 0.2) is 6.20 Å². The lowest BCUT2D eigenvalue weighted by molar-refractivity contribution is 0.461. The minimum atomic E-state index is -0.238. The molecule has 3 nitrogen and oxygen atoms in total. The quantitative estimate of drug-likeness (QED) is 0.658. The molecular weight excluding hydrogens is 169 g/mol. The van der Waals surface area contributed by atoms with E-state index in [0.717, 1.165) is 18.5 Å². The third-order valence-electron chi connectivity index (χ3n) is 1.90. The number of alkyl halides is 1. The lowest BCUT2D eigenvalue weighted by Gasteiger charge is -2.00. The van der Waals surface area contributed by atoms with Gasteiger partial charge in [-0.2, -0.15) is 0 Å². The van der Waals surface area contributed by atoms with Crippen molar-refractivity contribution in [2.45, 2.75) is 39.2 Å². The zero-order valence-corrected chi connectivity index (χ0v) is 8.20. The molecular formula is C9H16FN3. The molecule has 1 heterocycles. The van der Waals surface area contributed by atoms with E-state index < -0.39 is 0 Å². The Hall–Kier alpha value is -0.930. The van der Waals surface area contributed by atoms with Crippen LogP contribution in [0.1, 0.15) is 38.4 Å². The summed E-state index contributed by atoms with van der Waals surface area (Å²) in [4.78, 5) is 0. The van der Waals surface area contributed by atoms with Crippen LogP contribution < -0.4 is 0 Å². The summed E-state index contributed by atoms with van der Waals surface area (Å²) in [6.07, 6.45) is 4.24.